The maximum Gasteiger partial charge on any atom is 0.240 e. The number of halogens is 2. The third-order valence-corrected chi connectivity index (χ3v) is 7.53. The smallest absolute Gasteiger partial charge is 0.240 e. The molecule has 1 amide bonds. The third-order valence-electron chi connectivity index (χ3n) is 5.39. The standard InChI is InChI=1S/C24H34Cl2N6O5S/c1-15(2)10-20(24(31-34)37-3)23(33)30-18-6-4-16(5-7-18)13-32(28)14-17(27)12-29-38(35,36)19-8-9-21(25)22(26)11-19/h4-9,11,14-15,20,24,29,31,34H,10,12-13,27-28H2,1-3H3,(H,30,33)/b17-14-. The van der Waals surface area contributed by atoms with Gasteiger partial charge < -0.3 is 26.0 Å². The van der Waals surface area contributed by atoms with Crippen molar-refractivity contribution in [2.75, 3.05) is 19.0 Å². The average molecular weight is 590 g/mol. The van der Waals surface area contributed by atoms with Gasteiger partial charge in [0.05, 0.1) is 33.9 Å². The van der Waals surface area contributed by atoms with Crippen LogP contribution in [0.4, 0.5) is 5.69 Å². The summed E-state index contributed by atoms with van der Waals surface area (Å²) in [5.74, 6) is 5.33. The van der Waals surface area contributed by atoms with Crippen LogP contribution in [0.1, 0.15) is 25.8 Å². The molecular formula is C24H34Cl2N6O5S. The van der Waals surface area contributed by atoms with Crippen molar-refractivity contribution in [1.82, 2.24) is 15.2 Å². The molecule has 2 unspecified atom stereocenters. The van der Waals surface area contributed by atoms with Crippen LogP contribution in [0.15, 0.2) is 59.3 Å². The predicted molar refractivity (Wildman–Crippen MR) is 147 cm³/mol. The van der Waals surface area contributed by atoms with E-state index in [0.717, 1.165) is 5.56 Å². The van der Waals surface area contributed by atoms with E-state index in [0.29, 0.717) is 12.1 Å². The van der Waals surface area contributed by atoms with E-state index in [1.807, 2.05) is 19.3 Å². The Bertz CT molecular complexity index is 1210. The number of ether oxygens (including phenoxy) is 1. The van der Waals surface area contributed by atoms with Crippen LogP contribution in [0.25, 0.3) is 0 Å². The van der Waals surface area contributed by atoms with Crippen molar-refractivity contribution >= 4 is 44.8 Å². The van der Waals surface area contributed by atoms with Crippen LogP contribution >= 0.6 is 23.2 Å². The lowest BCUT2D eigenvalue weighted by Crippen LogP contribution is -2.43. The molecule has 38 heavy (non-hydrogen) atoms. The number of carbonyl (C=O) groups is 1. The number of amides is 1. The molecule has 0 radical (unpaired) electrons. The molecule has 210 valence electrons. The fourth-order valence-electron chi connectivity index (χ4n) is 3.53. The van der Waals surface area contributed by atoms with Crippen molar-refractivity contribution in [1.29, 1.82) is 0 Å². The summed E-state index contributed by atoms with van der Waals surface area (Å²) >= 11 is 11.7. The van der Waals surface area contributed by atoms with E-state index in [-0.39, 0.29) is 45.6 Å². The Morgan fingerprint density at radius 3 is 2.37 bits per heavy atom. The van der Waals surface area contributed by atoms with Gasteiger partial charge in [-0.15, -0.1) is 0 Å². The zero-order valence-electron chi connectivity index (χ0n) is 21.3. The molecule has 0 bridgehead atoms. The van der Waals surface area contributed by atoms with Gasteiger partial charge in [0.1, 0.15) is 6.23 Å². The quantitative estimate of drug-likeness (QED) is 0.110. The van der Waals surface area contributed by atoms with Crippen molar-refractivity contribution < 1.29 is 23.2 Å². The van der Waals surface area contributed by atoms with Crippen LogP contribution in [0.3, 0.4) is 0 Å². The number of nitrogens with zero attached hydrogens (tertiary/aromatic N) is 1. The molecule has 0 spiro atoms. The fourth-order valence-corrected chi connectivity index (χ4v) is 4.94. The molecular weight excluding hydrogens is 555 g/mol. The summed E-state index contributed by atoms with van der Waals surface area (Å²) in [5.41, 5.74) is 9.54. The largest absolute Gasteiger partial charge is 0.400 e. The highest BCUT2D eigenvalue weighted by Crippen LogP contribution is 2.25. The van der Waals surface area contributed by atoms with Gasteiger partial charge >= 0.3 is 0 Å². The number of nitrogens with two attached hydrogens (primary N) is 2. The molecule has 2 aromatic carbocycles. The first-order chi connectivity index (χ1) is 17.9. The van der Waals surface area contributed by atoms with Gasteiger partial charge in [0, 0.05) is 24.7 Å². The second-order valence-corrected chi connectivity index (χ2v) is 11.6. The Kier molecular flexibility index (Phi) is 12.3. The molecule has 0 aromatic heterocycles. The van der Waals surface area contributed by atoms with E-state index in [9.17, 15) is 18.4 Å². The lowest BCUT2D eigenvalue weighted by molar-refractivity contribution is -0.132. The fraction of sp³-hybridized carbons (Fsp3) is 0.375. The Morgan fingerprint density at radius 1 is 1.16 bits per heavy atom. The molecule has 0 saturated heterocycles. The molecule has 8 N–H and O–H groups in total. The number of nitrogens with one attached hydrogen (secondary N) is 3. The molecule has 2 atom stereocenters. The molecule has 2 rings (SSSR count). The number of hydrazine groups is 1. The van der Waals surface area contributed by atoms with Crippen LogP contribution in [-0.4, -0.2) is 44.4 Å². The molecule has 0 fully saturated rings. The zero-order chi connectivity index (χ0) is 28.5. The molecule has 0 aliphatic heterocycles. The van der Waals surface area contributed by atoms with Crippen LogP contribution in [-0.2, 0) is 26.1 Å². The molecule has 14 heteroatoms. The molecule has 0 saturated carbocycles. The minimum Gasteiger partial charge on any atom is -0.400 e. The minimum atomic E-state index is -3.86. The number of hydroxylamine groups is 1. The third kappa shape index (κ3) is 9.71. The zero-order valence-corrected chi connectivity index (χ0v) is 23.6. The van der Waals surface area contributed by atoms with Crippen LogP contribution in [0, 0.1) is 11.8 Å². The maximum atomic E-state index is 12.8. The topological polar surface area (TPSA) is 172 Å². The highest BCUT2D eigenvalue weighted by molar-refractivity contribution is 7.89. The van der Waals surface area contributed by atoms with E-state index in [4.69, 9.17) is 39.5 Å². The van der Waals surface area contributed by atoms with Gasteiger partial charge in [0.25, 0.3) is 0 Å². The van der Waals surface area contributed by atoms with Crippen molar-refractivity contribution in [3.05, 3.63) is 70.0 Å². The number of rotatable bonds is 14. The van der Waals surface area contributed by atoms with Gasteiger partial charge in [0.15, 0.2) is 0 Å². The first kappa shape index (κ1) is 31.8. The second kappa shape index (κ2) is 14.7. The predicted octanol–water partition coefficient (Wildman–Crippen LogP) is 3.00. The van der Waals surface area contributed by atoms with E-state index in [1.165, 1.54) is 36.5 Å². The summed E-state index contributed by atoms with van der Waals surface area (Å²) in [7, 11) is -2.45. The van der Waals surface area contributed by atoms with Crippen LogP contribution in [0.2, 0.25) is 10.0 Å². The first-order valence-corrected chi connectivity index (χ1v) is 13.8. The summed E-state index contributed by atoms with van der Waals surface area (Å²) < 4.78 is 32.5. The maximum absolute atomic E-state index is 12.8. The van der Waals surface area contributed by atoms with E-state index in [1.54, 1.807) is 24.3 Å². The SMILES string of the molecule is COC(NO)C(CC(C)C)C(=O)Nc1ccc(CN(N)/C=C(\N)CNS(=O)(=O)c2ccc(Cl)c(Cl)c2)cc1. The number of benzene rings is 2. The Labute approximate surface area is 233 Å². The van der Waals surface area contributed by atoms with Gasteiger partial charge in [0.2, 0.25) is 15.9 Å². The summed E-state index contributed by atoms with van der Waals surface area (Å²) in [6.07, 6.45) is 1.08. The lowest BCUT2D eigenvalue weighted by atomic mass is 9.94. The highest BCUT2D eigenvalue weighted by atomic mass is 35.5. The number of hydrogen-bond donors (Lipinski definition) is 6. The normalized spacial score (nSPS) is 13.8. The molecule has 0 heterocycles. The highest BCUT2D eigenvalue weighted by Gasteiger charge is 2.29. The van der Waals surface area contributed by atoms with Crippen molar-refractivity contribution in [3.63, 3.8) is 0 Å². The van der Waals surface area contributed by atoms with Gasteiger partial charge in [-0.05, 0) is 48.2 Å². The number of carbonyl (C=O) groups excluding carboxylic acids is 1. The summed E-state index contributed by atoms with van der Waals surface area (Å²) in [4.78, 5) is 12.7. The van der Waals surface area contributed by atoms with Gasteiger partial charge in [-0.1, -0.05) is 49.2 Å². The Balaban J connectivity index is 1.95. The molecule has 2 aromatic rings. The number of sulfonamides is 1. The summed E-state index contributed by atoms with van der Waals surface area (Å²) in [5, 5.41) is 13.8. The molecule has 11 nitrogen and oxygen atoms in total. The van der Waals surface area contributed by atoms with E-state index in [2.05, 4.69) is 10.0 Å². The summed E-state index contributed by atoms with van der Waals surface area (Å²) in [6, 6.07) is 11.0. The lowest BCUT2D eigenvalue weighted by Gasteiger charge is -2.25. The van der Waals surface area contributed by atoms with Crippen molar-refractivity contribution in [2.24, 2.45) is 23.4 Å². The average Bonchev–Trinajstić information content (AvgIpc) is 2.85. The van der Waals surface area contributed by atoms with E-state index >= 15 is 0 Å². The number of hydrogen-bond acceptors (Lipinski definition) is 9. The number of methoxy groups -OCH3 is 1. The molecule has 0 aliphatic rings. The van der Waals surface area contributed by atoms with Crippen molar-refractivity contribution in [2.45, 2.75) is 37.9 Å². The van der Waals surface area contributed by atoms with Crippen molar-refractivity contribution in [3.8, 4) is 0 Å². The van der Waals surface area contributed by atoms with Gasteiger partial charge in [-0.25, -0.2) is 19.0 Å². The van der Waals surface area contributed by atoms with Crippen LogP contribution < -0.4 is 27.1 Å². The van der Waals surface area contributed by atoms with Gasteiger partial charge in [-0.2, -0.15) is 5.48 Å². The van der Waals surface area contributed by atoms with Gasteiger partial charge in [-0.3, -0.25) is 4.79 Å². The molecule has 0 aliphatic carbocycles. The monoisotopic (exact) mass is 588 g/mol. The second-order valence-electron chi connectivity index (χ2n) is 8.98. The minimum absolute atomic E-state index is 0.0441. The Morgan fingerprint density at radius 2 is 1.82 bits per heavy atom. The summed E-state index contributed by atoms with van der Waals surface area (Å²) in [6.45, 7) is 4.04. The van der Waals surface area contributed by atoms with Crippen LogP contribution in [0.5, 0.6) is 0 Å². The first-order valence-electron chi connectivity index (χ1n) is 11.6. The number of anilines is 1. The van der Waals surface area contributed by atoms with E-state index < -0.39 is 22.2 Å². The Hall–Kier alpha value is -2.42.